The van der Waals surface area contributed by atoms with Crippen LogP contribution >= 0.6 is 0 Å². The molecule has 1 atom stereocenters. The largest absolute Gasteiger partial charge is 0.327 e. The van der Waals surface area contributed by atoms with E-state index in [9.17, 15) is 14.0 Å². The first-order chi connectivity index (χ1) is 13.0. The minimum atomic E-state index is -0.593. The number of aromatic nitrogens is 2. The fourth-order valence-electron chi connectivity index (χ4n) is 3.40. The third-order valence-electron chi connectivity index (χ3n) is 4.79. The van der Waals surface area contributed by atoms with Crippen molar-refractivity contribution in [3.63, 3.8) is 0 Å². The van der Waals surface area contributed by atoms with Crippen LogP contribution in [0.1, 0.15) is 18.2 Å². The smallest absolute Gasteiger partial charge is 0.245 e. The first kappa shape index (κ1) is 17.2. The van der Waals surface area contributed by atoms with Crippen LogP contribution in [0.3, 0.4) is 0 Å². The lowest BCUT2D eigenvalue weighted by Gasteiger charge is -2.38. The number of halogens is 1. The molecule has 2 amide bonds. The van der Waals surface area contributed by atoms with Crippen molar-refractivity contribution in [2.75, 3.05) is 6.54 Å². The van der Waals surface area contributed by atoms with Crippen LogP contribution in [0.2, 0.25) is 0 Å². The maximum Gasteiger partial charge on any atom is 0.245 e. The summed E-state index contributed by atoms with van der Waals surface area (Å²) in [5, 5.41) is 0. The van der Waals surface area contributed by atoms with Crippen molar-refractivity contribution in [3.8, 4) is 0 Å². The highest BCUT2D eigenvalue weighted by atomic mass is 19.1. The quantitative estimate of drug-likeness (QED) is 0.712. The lowest BCUT2D eigenvalue weighted by Crippen LogP contribution is -2.58. The Bertz CT molecular complexity index is 983. The van der Waals surface area contributed by atoms with Crippen molar-refractivity contribution >= 4 is 17.5 Å². The summed E-state index contributed by atoms with van der Waals surface area (Å²) in [6, 6.07) is 11.2. The molecule has 0 bridgehead atoms. The summed E-state index contributed by atoms with van der Waals surface area (Å²) in [4.78, 5) is 32.9. The van der Waals surface area contributed by atoms with Crippen LogP contribution in [0.4, 0.5) is 4.39 Å². The Labute approximate surface area is 155 Å². The molecule has 1 fully saturated rings. The zero-order valence-corrected chi connectivity index (χ0v) is 14.9. The summed E-state index contributed by atoms with van der Waals surface area (Å²) in [7, 11) is 0. The number of pyridine rings is 1. The number of nitrogens with zero attached hydrogens (tertiary/aromatic N) is 4. The van der Waals surface area contributed by atoms with Gasteiger partial charge in [-0.25, -0.2) is 9.37 Å². The van der Waals surface area contributed by atoms with Crippen molar-refractivity contribution in [3.05, 3.63) is 71.9 Å². The number of carbonyl (C=O) groups is 2. The normalized spacial score (nSPS) is 17.8. The highest BCUT2D eigenvalue weighted by molar-refractivity contribution is 5.94. The van der Waals surface area contributed by atoms with Crippen LogP contribution in [-0.2, 0) is 22.7 Å². The van der Waals surface area contributed by atoms with Gasteiger partial charge in [0, 0.05) is 18.9 Å². The van der Waals surface area contributed by atoms with E-state index in [1.807, 2.05) is 35.0 Å². The monoisotopic (exact) mass is 366 g/mol. The molecule has 3 heterocycles. The molecule has 1 aliphatic heterocycles. The van der Waals surface area contributed by atoms with Crippen LogP contribution in [0.25, 0.3) is 5.65 Å². The molecule has 3 aromatic rings. The summed E-state index contributed by atoms with van der Waals surface area (Å²) < 4.78 is 15.3. The number of piperazine rings is 1. The third-order valence-corrected chi connectivity index (χ3v) is 4.79. The molecule has 2 aromatic heterocycles. The van der Waals surface area contributed by atoms with Gasteiger partial charge in [-0.2, -0.15) is 0 Å². The summed E-state index contributed by atoms with van der Waals surface area (Å²) in [5.74, 6) is -0.650. The number of amides is 2. The van der Waals surface area contributed by atoms with Crippen molar-refractivity contribution in [2.24, 2.45) is 0 Å². The van der Waals surface area contributed by atoms with Gasteiger partial charge in [0.05, 0.1) is 12.2 Å². The zero-order valence-electron chi connectivity index (χ0n) is 14.9. The molecular weight excluding hydrogens is 347 g/mol. The first-order valence-corrected chi connectivity index (χ1v) is 8.76. The topological polar surface area (TPSA) is 57.9 Å². The van der Waals surface area contributed by atoms with Gasteiger partial charge in [-0.05, 0) is 36.8 Å². The van der Waals surface area contributed by atoms with Crippen LogP contribution in [0.15, 0.2) is 54.9 Å². The van der Waals surface area contributed by atoms with E-state index in [2.05, 4.69) is 4.98 Å². The molecule has 7 heteroatoms. The summed E-state index contributed by atoms with van der Waals surface area (Å²) in [5.41, 5.74) is 2.19. The molecule has 1 saturated heterocycles. The number of rotatable bonds is 4. The van der Waals surface area contributed by atoms with E-state index in [0.717, 1.165) is 11.3 Å². The van der Waals surface area contributed by atoms with Crippen molar-refractivity contribution < 1.29 is 14.0 Å². The molecule has 0 unspecified atom stereocenters. The molecule has 0 radical (unpaired) electrons. The molecule has 0 spiro atoms. The lowest BCUT2D eigenvalue weighted by atomic mass is 10.1. The maximum absolute atomic E-state index is 13.4. The van der Waals surface area contributed by atoms with E-state index >= 15 is 0 Å². The molecule has 27 heavy (non-hydrogen) atoms. The van der Waals surface area contributed by atoms with Crippen molar-refractivity contribution in [2.45, 2.75) is 26.1 Å². The lowest BCUT2D eigenvalue weighted by molar-refractivity contribution is -0.156. The molecule has 0 saturated carbocycles. The molecule has 138 valence electrons. The summed E-state index contributed by atoms with van der Waals surface area (Å²) in [6.07, 6.45) is 3.75. The standard InChI is InChI=1S/C20H19FN4O2/c1-14-20(27)24(10-15-5-4-6-16(21)9-15)13-19(26)25(14)12-17-11-23-8-3-2-7-18(23)22-17/h2-9,11,14H,10,12-13H2,1H3/t14-/m0/s1. The van der Waals surface area contributed by atoms with E-state index in [0.29, 0.717) is 5.56 Å². The highest BCUT2D eigenvalue weighted by Gasteiger charge is 2.36. The average molecular weight is 366 g/mol. The van der Waals surface area contributed by atoms with Gasteiger partial charge in [-0.3, -0.25) is 9.59 Å². The van der Waals surface area contributed by atoms with Gasteiger partial charge < -0.3 is 14.2 Å². The van der Waals surface area contributed by atoms with Gasteiger partial charge in [0.1, 0.15) is 24.1 Å². The Morgan fingerprint density at radius 2 is 2.00 bits per heavy atom. The third kappa shape index (κ3) is 3.40. The fourth-order valence-corrected chi connectivity index (χ4v) is 3.40. The molecule has 1 aromatic carbocycles. The van der Waals surface area contributed by atoms with Gasteiger partial charge in [0.25, 0.3) is 0 Å². The summed E-state index contributed by atoms with van der Waals surface area (Å²) in [6.45, 7) is 2.19. The molecule has 6 nitrogen and oxygen atoms in total. The van der Waals surface area contributed by atoms with Crippen LogP contribution in [0, 0.1) is 5.82 Å². The van der Waals surface area contributed by atoms with Gasteiger partial charge in [-0.1, -0.05) is 18.2 Å². The Hall–Kier alpha value is -3.22. The number of benzene rings is 1. The first-order valence-electron chi connectivity index (χ1n) is 8.76. The van der Waals surface area contributed by atoms with Crippen molar-refractivity contribution in [1.82, 2.24) is 19.2 Å². The zero-order chi connectivity index (χ0) is 19.0. The second kappa shape index (κ2) is 6.83. The SMILES string of the molecule is C[C@H]1C(=O)N(Cc2cccc(F)c2)CC(=O)N1Cc1cn2ccccc2n1. The van der Waals surface area contributed by atoms with Crippen molar-refractivity contribution in [1.29, 1.82) is 0 Å². The van der Waals surface area contributed by atoms with Crippen LogP contribution in [-0.4, -0.2) is 43.6 Å². The minimum Gasteiger partial charge on any atom is -0.327 e. The predicted octanol–water partition coefficient (Wildman–Crippen LogP) is 2.23. The molecule has 0 aliphatic carbocycles. The van der Waals surface area contributed by atoms with E-state index in [4.69, 9.17) is 0 Å². The number of hydrogen-bond donors (Lipinski definition) is 0. The molecule has 4 rings (SSSR count). The highest BCUT2D eigenvalue weighted by Crippen LogP contribution is 2.19. The van der Waals surface area contributed by atoms with E-state index < -0.39 is 6.04 Å². The van der Waals surface area contributed by atoms with Crippen LogP contribution < -0.4 is 0 Å². The van der Waals surface area contributed by atoms with Gasteiger partial charge in [0.2, 0.25) is 11.8 Å². The Morgan fingerprint density at radius 3 is 2.78 bits per heavy atom. The molecule has 1 aliphatic rings. The van der Waals surface area contributed by atoms with Gasteiger partial charge in [-0.15, -0.1) is 0 Å². The van der Waals surface area contributed by atoms with Gasteiger partial charge >= 0.3 is 0 Å². The number of hydrogen-bond acceptors (Lipinski definition) is 3. The Morgan fingerprint density at radius 1 is 1.15 bits per heavy atom. The molecule has 0 N–H and O–H groups in total. The Kier molecular flexibility index (Phi) is 4.35. The van der Waals surface area contributed by atoms with E-state index in [1.54, 1.807) is 24.0 Å². The second-order valence-corrected chi connectivity index (χ2v) is 6.72. The summed E-state index contributed by atoms with van der Waals surface area (Å²) >= 11 is 0. The maximum atomic E-state index is 13.4. The average Bonchev–Trinajstić information content (AvgIpc) is 3.06. The van der Waals surface area contributed by atoms with E-state index in [1.165, 1.54) is 17.0 Å². The number of fused-ring (bicyclic) bond motifs is 1. The fraction of sp³-hybridized carbons (Fsp3) is 0.250. The number of imidazole rings is 1. The molecular formula is C20H19FN4O2. The number of carbonyl (C=O) groups excluding carboxylic acids is 2. The Balaban J connectivity index is 1.50. The second-order valence-electron chi connectivity index (χ2n) is 6.72. The van der Waals surface area contributed by atoms with E-state index in [-0.39, 0.29) is 37.3 Å². The predicted molar refractivity (Wildman–Crippen MR) is 97.0 cm³/mol. The minimum absolute atomic E-state index is 0.0208. The van der Waals surface area contributed by atoms with Gasteiger partial charge in [0.15, 0.2) is 0 Å². The van der Waals surface area contributed by atoms with Crippen LogP contribution in [0.5, 0.6) is 0 Å².